The fourth-order valence-electron chi connectivity index (χ4n) is 5.51. The Bertz CT molecular complexity index is 1610. The second kappa shape index (κ2) is 13.6. The van der Waals surface area contributed by atoms with Crippen molar-refractivity contribution in [3.8, 4) is 11.1 Å². The summed E-state index contributed by atoms with van der Waals surface area (Å²) in [6.45, 7) is 6.14. The molecule has 2 aliphatic rings. The number of rotatable bonds is 7. The summed E-state index contributed by atoms with van der Waals surface area (Å²) < 4.78 is 78.0. The first kappa shape index (κ1) is 33.4. The molecule has 0 saturated carbocycles. The molecule has 2 fully saturated rings. The van der Waals surface area contributed by atoms with E-state index in [-0.39, 0.29) is 17.5 Å². The molecule has 3 heterocycles. The number of alkyl halides is 3. The molecular formula is C29H34F4N4O6S. The number of amides is 1. The van der Waals surface area contributed by atoms with Gasteiger partial charge in [-0.1, -0.05) is 0 Å². The van der Waals surface area contributed by atoms with Gasteiger partial charge in [-0.15, -0.1) is 0 Å². The number of aromatic nitrogens is 1. The largest absolute Gasteiger partial charge is 0.490 e. The summed E-state index contributed by atoms with van der Waals surface area (Å²) in [5.41, 5.74) is 10.0. The number of H-pyrrole nitrogens is 1. The van der Waals surface area contributed by atoms with E-state index in [1.165, 1.54) is 6.07 Å². The van der Waals surface area contributed by atoms with Crippen LogP contribution in [0.5, 0.6) is 0 Å². The number of piperidine rings is 1. The zero-order valence-electron chi connectivity index (χ0n) is 24.0. The lowest BCUT2D eigenvalue weighted by molar-refractivity contribution is -0.192. The molecule has 44 heavy (non-hydrogen) atoms. The number of benzene rings is 2. The van der Waals surface area contributed by atoms with Crippen molar-refractivity contribution in [1.82, 2.24) is 14.2 Å². The molecule has 1 aromatic heterocycles. The molecule has 240 valence electrons. The summed E-state index contributed by atoms with van der Waals surface area (Å²) in [5, 5.41) is 7.99. The maximum absolute atomic E-state index is 14.7. The van der Waals surface area contributed by atoms with Crippen LogP contribution in [-0.2, 0) is 26.1 Å². The number of nitrogens with zero attached hydrogens (tertiary/aromatic N) is 2. The van der Waals surface area contributed by atoms with Crippen molar-refractivity contribution in [3.05, 3.63) is 59.0 Å². The van der Waals surface area contributed by atoms with Gasteiger partial charge in [0.25, 0.3) is 5.91 Å². The van der Waals surface area contributed by atoms with Gasteiger partial charge in [-0.3, -0.25) is 9.69 Å². The van der Waals surface area contributed by atoms with E-state index in [0.717, 1.165) is 35.2 Å². The highest BCUT2D eigenvalue weighted by Crippen LogP contribution is 2.37. The minimum absolute atomic E-state index is 0.0945. The molecule has 0 bridgehead atoms. The monoisotopic (exact) mass is 642 g/mol. The number of morpholine rings is 1. The number of hydrogen-bond donors (Lipinski definition) is 3. The number of halogens is 4. The molecule has 0 aliphatic carbocycles. The predicted molar refractivity (Wildman–Crippen MR) is 155 cm³/mol. The van der Waals surface area contributed by atoms with E-state index in [2.05, 4.69) is 9.88 Å². The fraction of sp³-hybridized carbons (Fsp3) is 0.448. The van der Waals surface area contributed by atoms with E-state index in [1.54, 1.807) is 23.4 Å². The highest BCUT2D eigenvalue weighted by Gasteiger charge is 2.38. The Morgan fingerprint density at radius 2 is 1.66 bits per heavy atom. The second-order valence-corrected chi connectivity index (χ2v) is 12.9. The average molecular weight is 643 g/mol. The molecule has 4 N–H and O–H groups in total. The van der Waals surface area contributed by atoms with Gasteiger partial charge >= 0.3 is 12.1 Å². The number of carboxylic acid groups (broad SMARTS) is 1. The molecular weight excluding hydrogens is 608 g/mol. The van der Waals surface area contributed by atoms with Crippen LogP contribution in [0.15, 0.2) is 36.5 Å². The van der Waals surface area contributed by atoms with Crippen LogP contribution >= 0.6 is 0 Å². The van der Waals surface area contributed by atoms with E-state index in [4.69, 9.17) is 20.4 Å². The van der Waals surface area contributed by atoms with Gasteiger partial charge in [-0.2, -0.15) is 13.2 Å². The maximum atomic E-state index is 14.7. The molecule has 0 radical (unpaired) electrons. The first-order valence-corrected chi connectivity index (χ1v) is 15.6. The van der Waals surface area contributed by atoms with Crippen LogP contribution < -0.4 is 5.73 Å². The van der Waals surface area contributed by atoms with Crippen molar-refractivity contribution in [3.63, 3.8) is 0 Å². The Kier molecular flexibility index (Phi) is 10.3. The number of primary amides is 1. The van der Waals surface area contributed by atoms with Gasteiger partial charge in [0.05, 0.1) is 30.0 Å². The van der Waals surface area contributed by atoms with Gasteiger partial charge in [0.2, 0.25) is 10.0 Å². The first-order valence-electron chi connectivity index (χ1n) is 14.0. The molecule has 3 aromatic rings. The molecule has 10 nitrogen and oxygen atoms in total. The van der Waals surface area contributed by atoms with Crippen LogP contribution in [0.3, 0.4) is 0 Å². The Morgan fingerprint density at radius 3 is 2.23 bits per heavy atom. The van der Waals surface area contributed by atoms with Crippen molar-refractivity contribution in [2.75, 3.05) is 45.1 Å². The first-order chi connectivity index (χ1) is 20.7. The zero-order valence-corrected chi connectivity index (χ0v) is 24.8. The number of carbonyl (C=O) groups is 2. The van der Waals surface area contributed by atoms with E-state index >= 15 is 0 Å². The summed E-state index contributed by atoms with van der Waals surface area (Å²) >= 11 is 0. The third-order valence-electron chi connectivity index (χ3n) is 7.78. The van der Waals surface area contributed by atoms with Crippen LogP contribution in [0, 0.1) is 5.82 Å². The van der Waals surface area contributed by atoms with Crippen LogP contribution in [0.25, 0.3) is 22.0 Å². The Balaban J connectivity index is 0.000000566. The number of aliphatic carboxylic acids is 1. The maximum Gasteiger partial charge on any atom is 0.490 e. The van der Waals surface area contributed by atoms with E-state index in [9.17, 15) is 30.8 Å². The topological polar surface area (TPSA) is 146 Å². The number of sulfonamides is 1. The lowest BCUT2D eigenvalue weighted by atomic mass is 9.88. The SMILES string of the molecule is CCS(=O)(=O)N1CCC(c2c[nH]c3c(C(N)=O)cc(-c4cc(F)cc(CN5CCOCC5)c4)cc23)CC1.O=C(O)C(F)(F)F. The van der Waals surface area contributed by atoms with Crippen molar-refractivity contribution < 1.29 is 45.4 Å². The van der Waals surface area contributed by atoms with Gasteiger partial charge < -0.3 is 20.6 Å². The standard InChI is InChI=1S/C27H33FN4O4S.C2HF3O2/c1-2-37(34,35)32-5-3-19(4-6-32)25-16-30-26-23(25)14-21(15-24(26)27(29)33)20-11-18(12-22(28)13-20)17-31-7-9-36-10-8-31;3-2(4,5)1(6)7/h11-16,19,30H,2-10,17H2,1H3,(H2,29,33);(H,6,7). The molecule has 2 saturated heterocycles. The van der Waals surface area contributed by atoms with Crippen molar-refractivity contribution in [1.29, 1.82) is 0 Å². The smallest absolute Gasteiger partial charge is 0.475 e. The number of ether oxygens (including phenoxy) is 1. The lowest BCUT2D eigenvalue weighted by Crippen LogP contribution is -2.38. The Labute approximate surface area is 251 Å². The molecule has 15 heteroatoms. The normalized spacial score (nSPS) is 17.3. The van der Waals surface area contributed by atoms with Crippen molar-refractivity contribution >= 4 is 32.8 Å². The van der Waals surface area contributed by atoms with Gasteiger partial charge in [-0.05, 0) is 78.3 Å². The summed E-state index contributed by atoms with van der Waals surface area (Å²) in [6.07, 6.45) is -1.82. The van der Waals surface area contributed by atoms with E-state index in [1.807, 2.05) is 18.3 Å². The third-order valence-corrected chi connectivity index (χ3v) is 9.66. The molecule has 1 amide bonds. The number of fused-ring (bicyclic) bond motifs is 1. The third kappa shape index (κ3) is 7.94. The number of nitrogens with one attached hydrogen (secondary N) is 1. The highest BCUT2D eigenvalue weighted by atomic mass is 32.2. The molecule has 0 spiro atoms. The van der Waals surface area contributed by atoms with Crippen molar-refractivity contribution in [2.45, 2.75) is 38.4 Å². The predicted octanol–water partition coefficient (Wildman–Crippen LogP) is 4.07. The number of carboxylic acids is 1. The Hall–Kier alpha value is -3.53. The molecule has 0 atom stereocenters. The number of nitrogens with two attached hydrogens (primary N) is 1. The highest BCUT2D eigenvalue weighted by molar-refractivity contribution is 7.89. The van der Waals surface area contributed by atoms with E-state index < -0.39 is 28.1 Å². The van der Waals surface area contributed by atoms with Gasteiger partial charge in [0.15, 0.2) is 0 Å². The molecule has 2 aliphatic heterocycles. The molecule has 2 aromatic carbocycles. The summed E-state index contributed by atoms with van der Waals surface area (Å²) in [6, 6.07) is 8.69. The Morgan fingerprint density at radius 1 is 1.05 bits per heavy atom. The summed E-state index contributed by atoms with van der Waals surface area (Å²) in [7, 11) is -3.22. The number of aromatic amines is 1. The zero-order chi connectivity index (χ0) is 32.2. The molecule has 5 rings (SSSR count). The second-order valence-electron chi connectivity index (χ2n) is 10.7. The van der Waals surface area contributed by atoms with Crippen LogP contribution in [-0.4, -0.2) is 90.9 Å². The average Bonchev–Trinajstić information content (AvgIpc) is 3.41. The number of hydrogen-bond acceptors (Lipinski definition) is 6. The van der Waals surface area contributed by atoms with Gasteiger partial charge in [0.1, 0.15) is 5.82 Å². The minimum atomic E-state index is -5.08. The van der Waals surface area contributed by atoms with Crippen molar-refractivity contribution in [2.24, 2.45) is 5.73 Å². The van der Waals surface area contributed by atoms with Crippen LogP contribution in [0.1, 0.15) is 47.2 Å². The van der Waals surface area contributed by atoms with Crippen LogP contribution in [0.2, 0.25) is 0 Å². The quantitative estimate of drug-likeness (QED) is 0.330. The minimum Gasteiger partial charge on any atom is -0.475 e. The fourth-order valence-corrected chi connectivity index (χ4v) is 6.64. The number of carbonyl (C=O) groups excluding carboxylic acids is 1. The van der Waals surface area contributed by atoms with Crippen LogP contribution in [0.4, 0.5) is 17.6 Å². The molecule has 0 unspecified atom stereocenters. The van der Waals surface area contributed by atoms with E-state index in [0.29, 0.717) is 62.3 Å². The summed E-state index contributed by atoms with van der Waals surface area (Å²) in [5.74, 6) is -3.42. The van der Waals surface area contributed by atoms with Gasteiger partial charge in [0, 0.05) is 44.3 Å². The van der Waals surface area contributed by atoms with Gasteiger partial charge in [-0.25, -0.2) is 21.9 Å². The summed E-state index contributed by atoms with van der Waals surface area (Å²) in [4.78, 5) is 26.7. The lowest BCUT2D eigenvalue weighted by Gasteiger charge is -2.31.